The second kappa shape index (κ2) is 5.87. The summed E-state index contributed by atoms with van der Waals surface area (Å²) in [7, 11) is 1.94. The number of aliphatic hydroxyl groups is 1. The monoisotopic (exact) mass is 250 g/mol. The Morgan fingerprint density at radius 1 is 1.44 bits per heavy atom. The van der Waals surface area contributed by atoms with Gasteiger partial charge in [0.15, 0.2) is 0 Å². The number of aromatic nitrogens is 2. The third-order valence-corrected chi connectivity index (χ3v) is 4.37. The smallest absolute Gasteiger partial charge is 0.0651 e. The average Bonchev–Trinajstić information content (AvgIpc) is 2.77. The Labute approximate surface area is 110 Å². The van der Waals surface area contributed by atoms with E-state index in [1.165, 1.54) is 31.2 Å². The molecule has 0 atom stereocenters. The van der Waals surface area contributed by atoms with Gasteiger partial charge in [-0.05, 0) is 50.0 Å². The lowest BCUT2D eigenvalue weighted by molar-refractivity contribution is -0.0172. The van der Waals surface area contributed by atoms with Crippen molar-refractivity contribution in [3.8, 4) is 0 Å². The van der Waals surface area contributed by atoms with E-state index in [1.54, 1.807) is 0 Å². The third-order valence-electron chi connectivity index (χ3n) is 4.37. The standard InChI is InChI=1S/C15H26N2O/c1-3-4-13-5-8-15(18,9-6-13)10-7-14-11-16-17(2)12-14/h11-13,18H,3-10H2,1-2H3. The first-order valence-corrected chi connectivity index (χ1v) is 7.31. The predicted molar refractivity (Wildman–Crippen MR) is 73.3 cm³/mol. The zero-order valence-electron chi connectivity index (χ0n) is 11.7. The molecule has 18 heavy (non-hydrogen) atoms. The maximum absolute atomic E-state index is 10.6. The molecule has 1 aliphatic carbocycles. The molecule has 0 unspecified atom stereocenters. The van der Waals surface area contributed by atoms with Crippen LogP contribution in [0.5, 0.6) is 0 Å². The van der Waals surface area contributed by atoms with E-state index in [9.17, 15) is 5.11 Å². The molecule has 0 saturated heterocycles. The lowest BCUT2D eigenvalue weighted by Gasteiger charge is -2.36. The minimum absolute atomic E-state index is 0.417. The van der Waals surface area contributed by atoms with E-state index < -0.39 is 5.60 Å². The van der Waals surface area contributed by atoms with Gasteiger partial charge in [-0.1, -0.05) is 19.8 Å². The number of aryl methyl sites for hydroxylation is 2. The summed E-state index contributed by atoms with van der Waals surface area (Å²) >= 11 is 0. The summed E-state index contributed by atoms with van der Waals surface area (Å²) in [6.45, 7) is 2.25. The molecule has 1 aromatic heterocycles. The van der Waals surface area contributed by atoms with Crippen molar-refractivity contribution in [3.05, 3.63) is 18.0 Å². The van der Waals surface area contributed by atoms with Crippen LogP contribution in [0.3, 0.4) is 0 Å². The van der Waals surface area contributed by atoms with Crippen molar-refractivity contribution in [3.63, 3.8) is 0 Å². The first-order valence-electron chi connectivity index (χ1n) is 7.31. The first kappa shape index (κ1) is 13.6. The van der Waals surface area contributed by atoms with Crippen LogP contribution in [-0.4, -0.2) is 20.5 Å². The highest BCUT2D eigenvalue weighted by molar-refractivity contribution is 5.05. The summed E-state index contributed by atoms with van der Waals surface area (Å²) < 4.78 is 1.83. The Bertz CT molecular complexity index is 364. The van der Waals surface area contributed by atoms with Crippen molar-refractivity contribution >= 4 is 0 Å². The van der Waals surface area contributed by atoms with Crippen molar-refractivity contribution in [1.29, 1.82) is 0 Å². The van der Waals surface area contributed by atoms with Gasteiger partial charge in [0.2, 0.25) is 0 Å². The van der Waals surface area contributed by atoms with E-state index in [0.29, 0.717) is 0 Å². The quantitative estimate of drug-likeness (QED) is 0.872. The summed E-state index contributed by atoms with van der Waals surface area (Å²) in [6, 6.07) is 0. The van der Waals surface area contributed by atoms with Gasteiger partial charge < -0.3 is 5.11 Å². The molecule has 0 aliphatic heterocycles. The molecular weight excluding hydrogens is 224 g/mol. The van der Waals surface area contributed by atoms with Crippen LogP contribution in [0.15, 0.2) is 12.4 Å². The SMILES string of the molecule is CCCC1CCC(O)(CCc2cnn(C)c2)CC1. The zero-order chi connectivity index (χ0) is 13.0. The second-order valence-electron chi connectivity index (χ2n) is 5.98. The second-order valence-corrected chi connectivity index (χ2v) is 5.98. The molecule has 102 valence electrons. The van der Waals surface area contributed by atoms with Crippen LogP contribution >= 0.6 is 0 Å². The van der Waals surface area contributed by atoms with Crippen LogP contribution < -0.4 is 0 Å². The van der Waals surface area contributed by atoms with Crippen LogP contribution in [-0.2, 0) is 13.5 Å². The van der Waals surface area contributed by atoms with Crippen LogP contribution in [0, 0.1) is 5.92 Å². The molecule has 0 amide bonds. The summed E-state index contributed by atoms with van der Waals surface area (Å²) in [5.74, 6) is 0.855. The van der Waals surface area contributed by atoms with E-state index in [-0.39, 0.29) is 0 Å². The molecule has 1 aromatic rings. The first-order chi connectivity index (χ1) is 8.61. The van der Waals surface area contributed by atoms with E-state index in [2.05, 4.69) is 12.0 Å². The van der Waals surface area contributed by atoms with Gasteiger partial charge in [-0.3, -0.25) is 4.68 Å². The maximum atomic E-state index is 10.6. The van der Waals surface area contributed by atoms with Gasteiger partial charge in [0.05, 0.1) is 11.8 Å². The lowest BCUT2D eigenvalue weighted by Crippen LogP contribution is -2.34. The Morgan fingerprint density at radius 3 is 2.72 bits per heavy atom. The number of hydrogen-bond donors (Lipinski definition) is 1. The molecule has 1 aliphatic rings. The summed E-state index contributed by atoms with van der Waals surface area (Å²) in [5, 5.41) is 14.8. The van der Waals surface area contributed by atoms with E-state index in [0.717, 1.165) is 31.6 Å². The van der Waals surface area contributed by atoms with Crippen molar-refractivity contribution < 1.29 is 5.11 Å². The van der Waals surface area contributed by atoms with E-state index >= 15 is 0 Å². The molecule has 3 heteroatoms. The minimum Gasteiger partial charge on any atom is -0.390 e. The largest absolute Gasteiger partial charge is 0.390 e. The van der Waals surface area contributed by atoms with Crippen molar-refractivity contribution in [1.82, 2.24) is 9.78 Å². The van der Waals surface area contributed by atoms with Crippen molar-refractivity contribution in [2.24, 2.45) is 13.0 Å². The average molecular weight is 250 g/mol. The van der Waals surface area contributed by atoms with Gasteiger partial charge in [0.25, 0.3) is 0 Å². The molecule has 0 aromatic carbocycles. The highest BCUT2D eigenvalue weighted by atomic mass is 16.3. The zero-order valence-corrected chi connectivity index (χ0v) is 11.7. The van der Waals surface area contributed by atoms with Crippen LogP contribution in [0.1, 0.15) is 57.4 Å². The molecule has 0 radical (unpaired) electrons. The lowest BCUT2D eigenvalue weighted by atomic mass is 9.75. The molecule has 2 rings (SSSR count). The summed E-state index contributed by atoms with van der Waals surface area (Å²) in [4.78, 5) is 0. The van der Waals surface area contributed by atoms with Gasteiger partial charge in [-0.2, -0.15) is 5.10 Å². The minimum atomic E-state index is -0.417. The highest BCUT2D eigenvalue weighted by Gasteiger charge is 2.32. The van der Waals surface area contributed by atoms with Crippen LogP contribution in [0.2, 0.25) is 0 Å². The third kappa shape index (κ3) is 3.58. The van der Waals surface area contributed by atoms with Gasteiger partial charge in [0, 0.05) is 13.2 Å². The molecule has 1 heterocycles. The van der Waals surface area contributed by atoms with Crippen molar-refractivity contribution in [2.75, 3.05) is 0 Å². The fourth-order valence-electron chi connectivity index (χ4n) is 3.14. The Kier molecular flexibility index (Phi) is 4.44. The fourth-order valence-corrected chi connectivity index (χ4v) is 3.14. The highest BCUT2D eigenvalue weighted by Crippen LogP contribution is 2.36. The summed E-state index contributed by atoms with van der Waals surface area (Å²) in [6.07, 6.45) is 12.8. The van der Waals surface area contributed by atoms with E-state index in [4.69, 9.17) is 0 Å². The van der Waals surface area contributed by atoms with Crippen molar-refractivity contribution in [2.45, 2.75) is 63.9 Å². The molecular formula is C15H26N2O. The Balaban J connectivity index is 1.79. The van der Waals surface area contributed by atoms with Crippen LogP contribution in [0.25, 0.3) is 0 Å². The molecule has 1 saturated carbocycles. The topological polar surface area (TPSA) is 38.1 Å². The number of rotatable bonds is 5. The van der Waals surface area contributed by atoms with Crippen LogP contribution in [0.4, 0.5) is 0 Å². The molecule has 3 nitrogen and oxygen atoms in total. The summed E-state index contributed by atoms with van der Waals surface area (Å²) in [5.41, 5.74) is 0.821. The van der Waals surface area contributed by atoms with E-state index in [1.807, 2.05) is 24.1 Å². The number of hydrogen-bond acceptors (Lipinski definition) is 2. The number of nitrogens with zero attached hydrogens (tertiary/aromatic N) is 2. The molecule has 1 N–H and O–H groups in total. The normalized spacial score (nSPS) is 28.5. The molecule has 0 spiro atoms. The van der Waals surface area contributed by atoms with Gasteiger partial charge in [0.1, 0.15) is 0 Å². The maximum Gasteiger partial charge on any atom is 0.0651 e. The Hall–Kier alpha value is -0.830. The fraction of sp³-hybridized carbons (Fsp3) is 0.800. The van der Waals surface area contributed by atoms with Gasteiger partial charge in [-0.25, -0.2) is 0 Å². The predicted octanol–water partition coefficient (Wildman–Crippen LogP) is 3.07. The Morgan fingerprint density at radius 2 is 2.17 bits per heavy atom. The van der Waals surface area contributed by atoms with Gasteiger partial charge in [-0.15, -0.1) is 0 Å². The molecule has 0 bridgehead atoms. The molecule has 1 fully saturated rings. The van der Waals surface area contributed by atoms with Gasteiger partial charge >= 0.3 is 0 Å².